The van der Waals surface area contributed by atoms with E-state index in [9.17, 15) is 9.18 Å². The van der Waals surface area contributed by atoms with Crippen LogP contribution in [0.25, 0.3) is 0 Å². The minimum atomic E-state index is -1.17. The first-order valence-electron chi connectivity index (χ1n) is 5.53. The summed E-state index contributed by atoms with van der Waals surface area (Å²) in [6.07, 6.45) is 0. The molecule has 0 radical (unpaired) electrons. The zero-order chi connectivity index (χ0) is 13.7. The number of nitrogens with one attached hydrogen (secondary N) is 1. The van der Waals surface area contributed by atoms with Crippen molar-refractivity contribution in [3.63, 3.8) is 0 Å². The van der Waals surface area contributed by atoms with Crippen molar-refractivity contribution >= 4 is 27.6 Å². The fraction of sp³-hybridized carbons (Fsp3) is 0.417. The molecule has 18 heavy (non-hydrogen) atoms. The molecule has 1 unspecified atom stereocenters. The summed E-state index contributed by atoms with van der Waals surface area (Å²) >= 11 is 2.95. The number of carbonyl (C=O) groups is 1. The Labute approximate surface area is 113 Å². The third-order valence-electron chi connectivity index (χ3n) is 2.29. The van der Waals surface area contributed by atoms with E-state index in [1.165, 1.54) is 12.1 Å². The quantitative estimate of drug-likeness (QED) is 0.845. The largest absolute Gasteiger partial charge is 0.478 e. The maximum atomic E-state index is 13.9. The van der Waals surface area contributed by atoms with Crippen molar-refractivity contribution in [2.45, 2.75) is 19.9 Å². The van der Waals surface area contributed by atoms with Crippen LogP contribution >= 0.6 is 15.9 Å². The van der Waals surface area contributed by atoms with Gasteiger partial charge in [-0.25, -0.2) is 9.18 Å². The second-order valence-corrected chi connectivity index (χ2v) is 4.59. The van der Waals surface area contributed by atoms with Gasteiger partial charge in [-0.15, -0.1) is 0 Å². The Kier molecular flexibility index (Phi) is 5.55. The Morgan fingerprint density at radius 1 is 1.61 bits per heavy atom. The predicted molar refractivity (Wildman–Crippen MR) is 70.6 cm³/mol. The molecule has 0 aliphatic rings. The van der Waals surface area contributed by atoms with Crippen LogP contribution in [0.15, 0.2) is 16.6 Å². The zero-order valence-corrected chi connectivity index (χ0v) is 11.8. The van der Waals surface area contributed by atoms with Crippen LogP contribution < -0.4 is 5.32 Å². The number of rotatable bonds is 6. The minimum absolute atomic E-state index is 0.0522. The van der Waals surface area contributed by atoms with Crippen LogP contribution in [0.2, 0.25) is 0 Å². The highest BCUT2D eigenvalue weighted by atomic mass is 79.9. The second kappa shape index (κ2) is 6.70. The van der Waals surface area contributed by atoms with Gasteiger partial charge in [0.1, 0.15) is 0 Å². The van der Waals surface area contributed by atoms with Gasteiger partial charge in [0, 0.05) is 12.6 Å². The van der Waals surface area contributed by atoms with E-state index in [4.69, 9.17) is 9.84 Å². The van der Waals surface area contributed by atoms with Crippen molar-refractivity contribution in [2.24, 2.45) is 0 Å². The van der Waals surface area contributed by atoms with Crippen LogP contribution in [-0.2, 0) is 4.74 Å². The number of anilines is 1. The summed E-state index contributed by atoms with van der Waals surface area (Å²) in [7, 11) is 0. The monoisotopic (exact) mass is 319 g/mol. The van der Waals surface area contributed by atoms with Gasteiger partial charge in [0.15, 0.2) is 5.82 Å². The topological polar surface area (TPSA) is 58.6 Å². The Balaban J connectivity index is 2.85. The summed E-state index contributed by atoms with van der Waals surface area (Å²) in [6.45, 7) is 4.78. The molecule has 0 aromatic heterocycles. The molecule has 0 spiro atoms. The Hall–Kier alpha value is -1.14. The molecular weight excluding hydrogens is 305 g/mol. The van der Waals surface area contributed by atoms with Gasteiger partial charge in [0.05, 0.1) is 22.3 Å². The first-order valence-corrected chi connectivity index (χ1v) is 6.32. The van der Waals surface area contributed by atoms with Gasteiger partial charge in [-0.1, -0.05) is 0 Å². The normalized spacial score (nSPS) is 12.2. The standard InChI is InChI=1S/C12H15BrFNO3/c1-3-18-6-7(2)15-9-5-4-8(12(16)17)10(13)11(9)14/h4-5,7,15H,3,6H2,1-2H3,(H,16,17). The number of carboxylic acids is 1. The Bertz CT molecular complexity index is 440. The lowest BCUT2D eigenvalue weighted by molar-refractivity contribution is 0.0695. The van der Waals surface area contributed by atoms with Gasteiger partial charge in [-0.05, 0) is 41.9 Å². The van der Waals surface area contributed by atoms with Gasteiger partial charge in [-0.3, -0.25) is 0 Å². The molecule has 2 N–H and O–H groups in total. The van der Waals surface area contributed by atoms with Crippen molar-refractivity contribution in [2.75, 3.05) is 18.5 Å². The summed E-state index contributed by atoms with van der Waals surface area (Å²) in [5.74, 6) is -1.78. The van der Waals surface area contributed by atoms with Gasteiger partial charge in [0.25, 0.3) is 0 Å². The summed E-state index contributed by atoms with van der Waals surface area (Å²) in [5, 5.41) is 11.8. The van der Waals surface area contributed by atoms with Gasteiger partial charge < -0.3 is 15.2 Å². The fourth-order valence-electron chi connectivity index (χ4n) is 1.43. The maximum Gasteiger partial charge on any atom is 0.336 e. The third-order valence-corrected chi connectivity index (χ3v) is 3.06. The Morgan fingerprint density at radius 2 is 2.28 bits per heavy atom. The summed E-state index contributed by atoms with van der Waals surface area (Å²) in [6, 6.07) is 2.69. The zero-order valence-electron chi connectivity index (χ0n) is 10.2. The molecule has 0 fully saturated rings. The van der Waals surface area contributed by atoms with Crippen molar-refractivity contribution < 1.29 is 19.0 Å². The van der Waals surface area contributed by atoms with Crippen molar-refractivity contribution in [1.29, 1.82) is 0 Å². The highest BCUT2D eigenvalue weighted by molar-refractivity contribution is 9.10. The third kappa shape index (κ3) is 3.68. The van der Waals surface area contributed by atoms with E-state index in [-0.39, 0.29) is 21.8 Å². The minimum Gasteiger partial charge on any atom is -0.478 e. The van der Waals surface area contributed by atoms with Crippen molar-refractivity contribution in [3.05, 3.63) is 28.0 Å². The van der Waals surface area contributed by atoms with Crippen LogP contribution in [0.4, 0.5) is 10.1 Å². The van der Waals surface area contributed by atoms with E-state index in [2.05, 4.69) is 21.2 Å². The highest BCUT2D eigenvalue weighted by Gasteiger charge is 2.16. The molecule has 100 valence electrons. The van der Waals surface area contributed by atoms with E-state index in [0.29, 0.717) is 13.2 Å². The Morgan fingerprint density at radius 3 is 2.83 bits per heavy atom. The van der Waals surface area contributed by atoms with E-state index in [1.54, 1.807) is 0 Å². The highest BCUT2D eigenvalue weighted by Crippen LogP contribution is 2.27. The van der Waals surface area contributed by atoms with Crippen LogP contribution in [0, 0.1) is 5.82 Å². The summed E-state index contributed by atoms with van der Waals surface area (Å²) in [5.41, 5.74) is 0.148. The van der Waals surface area contributed by atoms with Crippen molar-refractivity contribution in [1.82, 2.24) is 0 Å². The van der Waals surface area contributed by atoms with Gasteiger partial charge >= 0.3 is 5.97 Å². The van der Waals surface area contributed by atoms with Crippen LogP contribution in [-0.4, -0.2) is 30.3 Å². The smallest absolute Gasteiger partial charge is 0.336 e. The molecule has 1 rings (SSSR count). The average molecular weight is 320 g/mol. The molecule has 0 saturated carbocycles. The van der Waals surface area contributed by atoms with E-state index in [0.717, 1.165) is 0 Å². The van der Waals surface area contributed by atoms with E-state index < -0.39 is 11.8 Å². The molecule has 0 aliphatic heterocycles. The molecule has 6 heteroatoms. The van der Waals surface area contributed by atoms with Gasteiger partial charge in [0.2, 0.25) is 0 Å². The molecule has 0 aliphatic carbocycles. The first-order chi connectivity index (χ1) is 8.47. The number of carboxylic acid groups (broad SMARTS) is 1. The second-order valence-electron chi connectivity index (χ2n) is 3.80. The van der Waals surface area contributed by atoms with Crippen LogP contribution in [0.5, 0.6) is 0 Å². The lowest BCUT2D eigenvalue weighted by Crippen LogP contribution is -2.22. The number of aromatic carboxylic acids is 1. The number of benzene rings is 1. The number of hydrogen-bond acceptors (Lipinski definition) is 3. The molecule has 1 aromatic rings. The van der Waals surface area contributed by atoms with Crippen LogP contribution in [0.1, 0.15) is 24.2 Å². The average Bonchev–Trinajstić information content (AvgIpc) is 2.32. The maximum absolute atomic E-state index is 13.9. The van der Waals surface area contributed by atoms with E-state index in [1.807, 2.05) is 13.8 Å². The number of hydrogen-bond donors (Lipinski definition) is 2. The molecule has 0 saturated heterocycles. The molecule has 4 nitrogen and oxygen atoms in total. The van der Waals surface area contributed by atoms with Crippen molar-refractivity contribution in [3.8, 4) is 0 Å². The molecule has 0 heterocycles. The lowest BCUT2D eigenvalue weighted by atomic mass is 10.2. The van der Waals surface area contributed by atoms with Gasteiger partial charge in [-0.2, -0.15) is 0 Å². The van der Waals surface area contributed by atoms with Crippen LogP contribution in [0.3, 0.4) is 0 Å². The lowest BCUT2D eigenvalue weighted by Gasteiger charge is -2.16. The number of halogens is 2. The summed E-state index contributed by atoms with van der Waals surface area (Å²) in [4.78, 5) is 10.8. The molecule has 1 aromatic carbocycles. The fourth-order valence-corrected chi connectivity index (χ4v) is 1.94. The molecular formula is C12H15BrFNO3. The predicted octanol–water partition coefficient (Wildman–Crippen LogP) is 3.12. The first kappa shape index (κ1) is 14.9. The molecule has 0 bridgehead atoms. The summed E-state index contributed by atoms with van der Waals surface area (Å²) < 4.78 is 19.0. The SMILES string of the molecule is CCOCC(C)Nc1ccc(C(=O)O)c(Br)c1F. The number of ether oxygens (including phenoxy) is 1. The molecule has 1 atom stereocenters. The molecule has 0 amide bonds. The van der Waals surface area contributed by atoms with E-state index >= 15 is 0 Å².